The van der Waals surface area contributed by atoms with Crippen LogP contribution < -0.4 is 5.32 Å². The van der Waals surface area contributed by atoms with Crippen LogP contribution in [0.1, 0.15) is 44.5 Å². The highest BCUT2D eigenvalue weighted by molar-refractivity contribution is 6.35. The number of halogens is 1. The Morgan fingerprint density at radius 3 is 2.95 bits per heavy atom. The zero-order valence-electron chi connectivity index (χ0n) is 11.8. The first-order valence-corrected chi connectivity index (χ1v) is 7.42. The fourth-order valence-corrected chi connectivity index (χ4v) is 3.64. The molecule has 19 heavy (non-hydrogen) atoms. The third-order valence-corrected chi connectivity index (χ3v) is 4.43. The van der Waals surface area contributed by atoms with Gasteiger partial charge >= 0.3 is 0 Å². The van der Waals surface area contributed by atoms with Gasteiger partial charge in [0.2, 0.25) is 0 Å². The van der Waals surface area contributed by atoms with Crippen LogP contribution in [0.5, 0.6) is 0 Å². The van der Waals surface area contributed by atoms with E-state index in [2.05, 4.69) is 37.1 Å². The number of H-pyrrole nitrogens is 1. The van der Waals surface area contributed by atoms with E-state index in [9.17, 15) is 0 Å². The maximum absolute atomic E-state index is 6.32. The molecular formula is C16H21ClN2. The molecule has 0 spiro atoms. The molecule has 0 saturated heterocycles. The Hall–Kier alpha value is -0.990. The zero-order chi connectivity index (χ0) is 13.6. The molecule has 2 N–H and O–H groups in total. The molecule has 0 amide bonds. The Bertz CT molecular complexity index is 612. The van der Waals surface area contributed by atoms with Crippen LogP contribution in [0.4, 0.5) is 0 Å². The van der Waals surface area contributed by atoms with E-state index in [0.717, 1.165) is 23.5 Å². The highest BCUT2D eigenvalue weighted by Gasteiger charge is 2.34. The SMILES string of the molecule is CCNC1CC(C)(C)Cc2[nH]c3c(Cl)cccc3c21. The predicted molar refractivity (Wildman–Crippen MR) is 81.8 cm³/mol. The molecule has 1 aromatic carbocycles. The lowest BCUT2D eigenvalue weighted by Crippen LogP contribution is -2.33. The van der Waals surface area contributed by atoms with E-state index in [1.807, 2.05) is 12.1 Å². The van der Waals surface area contributed by atoms with Crippen molar-refractivity contribution in [1.29, 1.82) is 0 Å². The summed E-state index contributed by atoms with van der Waals surface area (Å²) in [5, 5.41) is 5.73. The molecule has 1 aliphatic rings. The number of fused-ring (bicyclic) bond motifs is 3. The third kappa shape index (κ3) is 2.17. The van der Waals surface area contributed by atoms with Crippen molar-refractivity contribution in [3.63, 3.8) is 0 Å². The molecule has 2 nitrogen and oxygen atoms in total. The molecule has 0 aliphatic heterocycles. The Labute approximate surface area is 119 Å². The van der Waals surface area contributed by atoms with Crippen molar-refractivity contribution < 1.29 is 0 Å². The zero-order valence-corrected chi connectivity index (χ0v) is 12.6. The number of benzene rings is 1. The predicted octanol–water partition coefficient (Wildman–Crippen LogP) is 4.44. The fourth-order valence-electron chi connectivity index (χ4n) is 3.42. The number of aromatic nitrogens is 1. The summed E-state index contributed by atoms with van der Waals surface area (Å²) < 4.78 is 0. The van der Waals surface area contributed by atoms with Gasteiger partial charge in [-0.05, 0) is 36.4 Å². The van der Waals surface area contributed by atoms with Gasteiger partial charge in [-0.1, -0.05) is 44.5 Å². The van der Waals surface area contributed by atoms with E-state index >= 15 is 0 Å². The number of rotatable bonds is 2. The monoisotopic (exact) mass is 276 g/mol. The van der Waals surface area contributed by atoms with Gasteiger partial charge in [-0.2, -0.15) is 0 Å². The van der Waals surface area contributed by atoms with Crippen LogP contribution in [-0.4, -0.2) is 11.5 Å². The van der Waals surface area contributed by atoms with Crippen molar-refractivity contribution in [3.8, 4) is 0 Å². The molecule has 0 bridgehead atoms. The molecule has 0 saturated carbocycles. The molecule has 102 valence electrons. The highest BCUT2D eigenvalue weighted by Crippen LogP contribution is 2.44. The maximum Gasteiger partial charge on any atom is 0.0648 e. The van der Waals surface area contributed by atoms with Gasteiger partial charge in [0.05, 0.1) is 10.5 Å². The molecule has 0 radical (unpaired) electrons. The molecule has 1 aliphatic carbocycles. The summed E-state index contributed by atoms with van der Waals surface area (Å²) in [6.07, 6.45) is 2.27. The molecule has 1 unspecified atom stereocenters. The number of para-hydroxylation sites is 1. The Morgan fingerprint density at radius 1 is 1.42 bits per heavy atom. The lowest BCUT2D eigenvalue weighted by atomic mass is 9.74. The van der Waals surface area contributed by atoms with Crippen molar-refractivity contribution in [2.24, 2.45) is 5.41 Å². The summed E-state index contributed by atoms with van der Waals surface area (Å²) in [6, 6.07) is 6.61. The summed E-state index contributed by atoms with van der Waals surface area (Å²) in [7, 11) is 0. The lowest BCUT2D eigenvalue weighted by Gasteiger charge is -2.35. The minimum Gasteiger partial charge on any atom is -0.357 e. The maximum atomic E-state index is 6.32. The first-order valence-electron chi connectivity index (χ1n) is 7.04. The minimum atomic E-state index is 0.327. The Kier molecular flexibility index (Phi) is 3.11. The Morgan fingerprint density at radius 2 is 2.21 bits per heavy atom. The summed E-state index contributed by atoms with van der Waals surface area (Å²) in [4.78, 5) is 3.56. The number of nitrogens with one attached hydrogen (secondary N) is 2. The topological polar surface area (TPSA) is 27.8 Å². The van der Waals surface area contributed by atoms with E-state index < -0.39 is 0 Å². The quantitative estimate of drug-likeness (QED) is 0.834. The van der Waals surface area contributed by atoms with Crippen LogP contribution in [0.3, 0.4) is 0 Å². The van der Waals surface area contributed by atoms with Crippen molar-refractivity contribution >= 4 is 22.5 Å². The highest BCUT2D eigenvalue weighted by atomic mass is 35.5. The van der Waals surface area contributed by atoms with Gasteiger partial charge in [-0.15, -0.1) is 0 Å². The minimum absolute atomic E-state index is 0.327. The van der Waals surface area contributed by atoms with E-state index in [4.69, 9.17) is 11.6 Å². The first-order chi connectivity index (χ1) is 9.02. The van der Waals surface area contributed by atoms with Gasteiger partial charge in [0, 0.05) is 17.1 Å². The molecule has 0 fully saturated rings. The van der Waals surface area contributed by atoms with Crippen LogP contribution in [0.15, 0.2) is 18.2 Å². The second-order valence-corrected chi connectivity index (χ2v) is 6.74. The van der Waals surface area contributed by atoms with Crippen molar-refractivity contribution in [3.05, 3.63) is 34.5 Å². The second-order valence-electron chi connectivity index (χ2n) is 6.34. The normalized spacial score (nSPS) is 21.6. The van der Waals surface area contributed by atoms with Gasteiger partial charge in [-0.25, -0.2) is 0 Å². The van der Waals surface area contributed by atoms with E-state index in [-0.39, 0.29) is 0 Å². The van der Waals surface area contributed by atoms with Gasteiger partial charge in [0.1, 0.15) is 0 Å². The van der Waals surface area contributed by atoms with Crippen LogP contribution >= 0.6 is 11.6 Å². The third-order valence-electron chi connectivity index (χ3n) is 4.12. The van der Waals surface area contributed by atoms with Gasteiger partial charge < -0.3 is 10.3 Å². The molecule has 1 atom stereocenters. The Balaban J connectivity index is 2.21. The average molecular weight is 277 g/mol. The van der Waals surface area contributed by atoms with Crippen LogP contribution in [0.25, 0.3) is 10.9 Å². The number of hydrogen-bond acceptors (Lipinski definition) is 1. The van der Waals surface area contributed by atoms with Gasteiger partial charge in [0.25, 0.3) is 0 Å². The van der Waals surface area contributed by atoms with Crippen LogP contribution in [0.2, 0.25) is 5.02 Å². The molecule has 3 heteroatoms. The summed E-state index contributed by atoms with van der Waals surface area (Å²) in [5.74, 6) is 0. The molecule has 1 heterocycles. The standard InChI is InChI=1S/C16H21ClN2/c1-4-18-12-8-16(2,3)9-13-14(12)10-6-5-7-11(17)15(10)19-13/h5-7,12,18-19H,4,8-9H2,1-3H3. The smallest absolute Gasteiger partial charge is 0.0648 e. The van der Waals surface area contributed by atoms with E-state index in [1.54, 1.807) is 0 Å². The summed E-state index contributed by atoms with van der Waals surface area (Å²) >= 11 is 6.32. The van der Waals surface area contributed by atoms with E-state index in [0.29, 0.717) is 11.5 Å². The number of hydrogen-bond donors (Lipinski definition) is 2. The summed E-state index contributed by atoms with van der Waals surface area (Å²) in [5.41, 5.74) is 4.20. The van der Waals surface area contributed by atoms with Gasteiger partial charge in [0.15, 0.2) is 0 Å². The van der Waals surface area contributed by atoms with Crippen LogP contribution in [-0.2, 0) is 6.42 Å². The van der Waals surface area contributed by atoms with Crippen molar-refractivity contribution in [2.75, 3.05) is 6.54 Å². The number of aromatic amines is 1. The lowest BCUT2D eigenvalue weighted by molar-refractivity contribution is 0.259. The molecular weight excluding hydrogens is 256 g/mol. The molecule has 1 aromatic heterocycles. The second kappa shape index (κ2) is 4.53. The van der Waals surface area contributed by atoms with Crippen molar-refractivity contribution in [2.45, 2.75) is 39.7 Å². The largest absolute Gasteiger partial charge is 0.357 e. The average Bonchev–Trinajstić information content (AvgIpc) is 2.67. The van der Waals surface area contributed by atoms with Gasteiger partial charge in [-0.3, -0.25) is 0 Å². The summed E-state index contributed by atoms with van der Waals surface area (Å²) in [6.45, 7) is 7.84. The van der Waals surface area contributed by atoms with E-state index in [1.165, 1.54) is 23.1 Å². The van der Waals surface area contributed by atoms with Crippen LogP contribution in [0, 0.1) is 5.41 Å². The molecule has 2 aromatic rings. The van der Waals surface area contributed by atoms with Crippen molar-refractivity contribution in [1.82, 2.24) is 10.3 Å². The molecule has 3 rings (SSSR count). The fraction of sp³-hybridized carbons (Fsp3) is 0.500. The first kappa shape index (κ1) is 13.0.